The van der Waals surface area contributed by atoms with E-state index in [0.717, 1.165) is 5.56 Å². The molecule has 1 fully saturated rings. The van der Waals surface area contributed by atoms with Crippen LogP contribution in [0, 0.1) is 5.92 Å². The van der Waals surface area contributed by atoms with Gasteiger partial charge < -0.3 is 4.90 Å². The third-order valence-corrected chi connectivity index (χ3v) is 4.11. The van der Waals surface area contributed by atoms with Gasteiger partial charge in [-0.3, -0.25) is 9.69 Å². The number of rotatable bonds is 4. The Morgan fingerprint density at radius 3 is 2.57 bits per heavy atom. The first-order chi connectivity index (χ1) is 9.99. The van der Waals surface area contributed by atoms with Crippen LogP contribution in [0.1, 0.15) is 31.9 Å². The lowest BCUT2D eigenvalue weighted by molar-refractivity contribution is -0.132. The van der Waals surface area contributed by atoms with E-state index in [0.29, 0.717) is 6.42 Å². The first-order valence-electron chi connectivity index (χ1n) is 7.24. The molecule has 1 heterocycles. The van der Waals surface area contributed by atoms with Gasteiger partial charge in [-0.05, 0) is 18.9 Å². The number of nitrogens with zero attached hydrogens (tertiary/aromatic N) is 2. The number of hydrogen-bond donors (Lipinski definition) is 0. The normalized spacial score (nSPS) is 23.3. The SMILES string of the molecule is C=CCC(C)C(=O)N1C(=O)N(C)C(c2ccccc2)C1C. The maximum atomic E-state index is 12.5. The predicted octanol–water partition coefficient (Wildman–Crippen LogP) is 3.22. The third kappa shape index (κ3) is 2.71. The van der Waals surface area contributed by atoms with E-state index in [1.54, 1.807) is 18.0 Å². The molecule has 1 aromatic rings. The molecule has 0 aliphatic carbocycles. The van der Waals surface area contributed by atoms with Gasteiger partial charge in [-0.15, -0.1) is 6.58 Å². The molecular formula is C17H22N2O2. The molecule has 0 saturated carbocycles. The van der Waals surface area contributed by atoms with Crippen LogP contribution >= 0.6 is 0 Å². The van der Waals surface area contributed by atoms with Crippen LogP contribution in [0.4, 0.5) is 4.79 Å². The highest BCUT2D eigenvalue weighted by Gasteiger charge is 2.45. The molecule has 112 valence electrons. The number of amides is 3. The summed E-state index contributed by atoms with van der Waals surface area (Å²) in [6, 6.07) is 9.33. The summed E-state index contributed by atoms with van der Waals surface area (Å²) >= 11 is 0. The summed E-state index contributed by atoms with van der Waals surface area (Å²) in [6.45, 7) is 7.42. The van der Waals surface area contributed by atoms with Crippen LogP contribution in [0.2, 0.25) is 0 Å². The molecule has 2 rings (SSSR count). The van der Waals surface area contributed by atoms with Gasteiger partial charge in [0, 0.05) is 13.0 Å². The second kappa shape index (κ2) is 6.12. The second-order valence-electron chi connectivity index (χ2n) is 5.62. The minimum Gasteiger partial charge on any atom is -0.318 e. The van der Waals surface area contributed by atoms with Crippen molar-refractivity contribution in [2.24, 2.45) is 5.92 Å². The minimum absolute atomic E-state index is 0.0985. The Kier molecular flexibility index (Phi) is 4.46. The molecule has 4 nitrogen and oxygen atoms in total. The Hall–Kier alpha value is -2.10. The van der Waals surface area contributed by atoms with Crippen molar-refractivity contribution in [3.8, 4) is 0 Å². The van der Waals surface area contributed by atoms with Crippen LogP contribution in [0.5, 0.6) is 0 Å². The Labute approximate surface area is 126 Å². The predicted molar refractivity (Wildman–Crippen MR) is 82.6 cm³/mol. The fourth-order valence-electron chi connectivity index (χ4n) is 2.96. The Morgan fingerprint density at radius 1 is 1.38 bits per heavy atom. The van der Waals surface area contributed by atoms with Crippen molar-refractivity contribution in [1.29, 1.82) is 0 Å². The van der Waals surface area contributed by atoms with Gasteiger partial charge in [-0.25, -0.2) is 4.79 Å². The first-order valence-corrected chi connectivity index (χ1v) is 7.24. The quantitative estimate of drug-likeness (QED) is 0.797. The molecule has 0 bridgehead atoms. The molecule has 0 radical (unpaired) electrons. The van der Waals surface area contributed by atoms with Crippen molar-refractivity contribution < 1.29 is 9.59 Å². The molecule has 3 amide bonds. The molecule has 0 spiro atoms. The average Bonchev–Trinajstić information content (AvgIpc) is 2.70. The minimum atomic E-state index is -0.225. The number of benzene rings is 1. The first kappa shape index (κ1) is 15.3. The van der Waals surface area contributed by atoms with Gasteiger partial charge in [-0.2, -0.15) is 0 Å². The van der Waals surface area contributed by atoms with Crippen LogP contribution in [0.15, 0.2) is 43.0 Å². The number of urea groups is 1. The van der Waals surface area contributed by atoms with Crippen LogP contribution < -0.4 is 0 Å². The van der Waals surface area contributed by atoms with Crippen LogP contribution in [-0.2, 0) is 4.79 Å². The number of imide groups is 1. The van der Waals surface area contributed by atoms with Gasteiger partial charge in [0.2, 0.25) is 5.91 Å². The van der Waals surface area contributed by atoms with E-state index < -0.39 is 0 Å². The Balaban J connectivity index is 2.28. The summed E-state index contributed by atoms with van der Waals surface area (Å²) in [6.07, 6.45) is 2.29. The van der Waals surface area contributed by atoms with E-state index in [1.165, 1.54) is 4.90 Å². The molecule has 1 aliphatic rings. The Morgan fingerprint density at radius 2 is 2.00 bits per heavy atom. The van der Waals surface area contributed by atoms with Crippen molar-refractivity contribution in [3.63, 3.8) is 0 Å². The number of carbonyl (C=O) groups is 2. The van der Waals surface area contributed by atoms with Crippen molar-refractivity contribution in [2.45, 2.75) is 32.4 Å². The highest BCUT2D eigenvalue weighted by molar-refractivity contribution is 5.97. The maximum absolute atomic E-state index is 12.5. The van der Waals surface area contributed by atoms with E-state index in [-0.39, 0.29) is 29.9 Å². The van der Waals surface area contributed by atoms with Crippen molar-refractivity contribution in [3.05, 3.63) is 48.6 Å². The highest BCUT2D eigenvalue weighted by atomic mass is 16.2. The van der Waals surface area contributed by atoms with E-state index in [2.05, 4.69) is 6.58 Å². The smallest absolute Gasteiger partial charge is 0.318 e. The molecule has 0 aromatic heterocycles. The summed E-state index contributed by atoms with van der Waals surface area (Å²) in [5, 5.41) is 0. The monoisotopic (exact) mass is 286 g/mol. The van der Waals surface area contributed by atoms with E-state index in [4.69, 9.17) is 0 Å². The fourth-order valence-corrected chi connectivity index (χ4v) is 2.96. The fraction of sp³-hybridized carbons (Fsp3) is 0.412. The molecule has 3 unspecified atom stereocenters. The lowest BCUT2D eigenvalue weighted by Crippen LogP contribution is -2.41. The summed E-state index contributed by atoms with van der Waals surface area (Å²) in [4.78, 5) is 28.0. The van der Waals surface area contributed by atoms with Crippen LogP contribution in [0.3, 0.4) is 0 Å². The van der Waals surface area contributed by atoms with Crippen LogP contribution in [-0.4, -0.2) is 34.8 Å². The van der Waals surface area contributed by atoms with Crippen LogP contribution in [0.25, 0.3) is 0 Å². The number of carbonyl (C=O) groups excluding carboxylic acids is 2. The molecule has 21 heavy (non-hydrogen) atoms. The molecule has 3 atom stereocenters. The van der Waals surface area contributed by atoms with Crippen molar-refractivity contribution >= 4 is 11.9 Å². The number of likely N-dealkylation sites (N-methyl/N-ethyl adjacent to an activating group) is 1. The Bertz CT molecular complexity index is 541. The highest BCUT2D eigenvalue weighted by Crippen LogP contribution is 2.34. The van der Waals surface area contributed by atoms with E-state index >= 15 is 0 Å². The van der Waals surface area contributed by atoms with Gasteiger partial charge >= 0.3 is 6.03 Å². The average molecular weight is 286 g/mol. The van der Waals surface area contributed by atoms with Gasteiger partial charge in [0.15, 0.2) is 0 Å². The topological polar surface area (TPSA) is 40.6 Å². The molecule has 0 N–H and O–H groups in total. The summed E-state index contributed by atoms with van der Waals surface area (Å²) < 4.78 is 0. The number of hydrogen-bond acceptors (Lipinski definition) is 2. The molecule has 1 saturated heterocycles. The van der Waals surface area contributed by atoms with Crippen molar-refractivity contribution in [1.82, 2.24) is 9.80 Å². The van der Waals surface area contributed by atoms with E-state index in [1.807, 2.05) is 44.2 Å². The summed E-state index contributed by atoms with van der Waals surface area (Å²) in [7, 11) is 1.75. The largest absolute Gasteiger partial charge is 0.327 e. The summed E-state index contributed by atoms with van der Waals surface area (Å²) in [5.74, 6) is -0.352. The molecule has 1 aromatic carbocycles. The van der Waals surface area contributed by atoms with Gasteiger partial charge in [0.1, 0.15) is 0 Å². The summed E-state index contributed by atoms with van der Waals surface area (Å²) in [5.41, 5.74) is 1.05. The number of allylic oxidation sites excluding steroid dienone is 1. The zero-order valence-corrected chi connectivity index (χ0v) is 12.8. The maximum Gasteiger partial charge on any atom is 0.327 e. The van der Waals surface area contributed by atoms with Gasteiger partial charge in [-0.1, -0.05) is 43.3 Å². The third-order valence-electron chi connectivity index (χ3n) is 4.11. The van der Waals surface area contributed by atoms with E-state index in [9.17, 15) is 9.59 Å². The zero-order valence-electron chi connectivity index (χ0n) is 12.8. The lowest BCUT2D eigenvalue weighted by atomic mass is 9.99. The van der Waals surface area contributed by atoms with Gasteiger partial charge in [0.05, 0.1) is 12.1 Å². The standard InChI is InChI=1S/C17H22N2O2/c1-5-9-12(2)16(20)19-13(3)15(18(4)17(19)21)14-10-7-6-8-11-14/h5-8,10-13,15H,1,9H2,2-4H3. The zero-order chi connectivity index (χ0) is 15.6. The molecular weight excluding hydrogens is 264 g/mol. The molecule has 4 heteroatoms. The van der Waals surface area contributed by atoms with Gasteiger partial charge in [0.25, 0.3) is 0 Å². The second-order valence-corrected chi connectivity index (χ2v) is 5.62. The molecule has 1 aliphatic heterocycles. The lowest BCUT2D eigenvalue weighted by Gasteiger charge is -2.24. The van der Waals surface area contributed by atoms with Crippen molar-refractivity contribution in [2.75, 3.05) is 7.05 Å².